The number of hydrogen-bond donors (Lipinski definition) is 3. The summed E-state index contributed by atoms with van der Waals surface area (Å²) in [6, 6.07) is 3.40. The lowest BCUT2D eigenvalue weighted by atomic mass is 10.2. The molecule has 0 radical (unpaired) electrons. The first-order chi connectivity index (χ1) is 14.3. The standard InChI is InChI=1S/C18H14F3N7OS/c1-9(27-16(29)12-4-11-13(6-22-12)26-8-25-11)14-7-24-17(30-14)28-10-2-3-15(23-5-10)18(19,20)21/h2-9H,1H3,(H,24,28)(H,25,26)(H,27,29). The van der Waals surface area contributed by atoms with Gasteiger partial charge in [-0.3, -0.25) is 4.79 Å². The average molecular weight is 433 g/mol. The average Bonchev–Trinajstić information content (AvgIpc) is 3.36. The van der Waals surface area contributed by atoms with E-state index in [-0.39, 0.29) is 17.6 Å². The van der Waals surface area contributed by atoms with Crippen molar-refractivity contribution in [3.63, 3.8) is 0 Å². The Balaban J connectivity index is 1.40. The van der Waals surface area contributed by atoms with Gasteiger partial charge in [-0.2, -0.15) is 13.2 Å². The van der Waals surface area contributed by atoms with Crippen molar-refractivity contribution in [3.8, 4) is 0 Å². The summed E-state index contributed by atoms with van der Waals surface area (Å²) < 4.78 is 37.8. The van der Waals surface area contributed by atoms with Gasteiger partial charge in [0.05, 0.1) is 41.5 Å². The molecular weight excluding hydrogens is 419 g/mol. The zero-order valence-corrected chi connectivity index (χ0v) is 16.2. The number of nitrogens with one attached hydrogen (secondary N) is 3. The van der Waals surface area contributed by atoms with Gasteiger partial charge in [-0.15, -0.1) is 0 Å². The third kappa shape index (κ3) is 4.22. The van der Waals surface area contributed by atoms with Gasteiger partial charge in [-0.1, -0.05) is 11.3 Å². The van der Waals surface area contributed by atoms with Gasteiger partial charge in [0.15, 0.2) is 5.13 Å². The Bertz CT molecular complexity index is 1190. The maximum Gasteiger partial charge on any atom is 0.433 e. The summed E-state index contributed by atoms with van der Waals surface area (Å²) in [6.07, 6.45) is 1.24. The predicted molar refractivity (Wildman–Crippen MR) is 104 cm³/mol. The summed E-state index contributed by atoms with van der Waals surface area (Å²) in [5.41, 5.74) is 1.01. The zero-order chi connectivity index (χ0) is 21.3. The van der Waals surface area contributed by atoms with E-state index in [4.69, 9.17) is 0 Å². The third-order valence-corrected chi connectivity index (χ3v) is 5.24. The molecular formula is C18H14F3N7OS. The quantitative estimate of drug-likeness (QED) is 0.438. The molecule has 1 amide bonds. The summed E-state index contributed by atoms with van der Waals surface area (Å²) in [6.45, 7) is 1.79. The lowest BCUT2D eigenvalue weighted by Crippen LogP contribution is -2.26. The van der Waals surface area contributed by atoms with Crippen molar-refractivity contribution in [1.29, 1.82) is 0 Å². The van der Waals surface area contributed by atoms with Crippen LogP contribution in [0.1, 0.15) is 34.0 Å². The minimum atomic E-state index is -4.49. The molecule has 0 saturated carbocycles. The topological polar surface area (TPSA) is 108 Å². The summed E-state index contributed by atoms with van der Waals surface area (Å²) in [4.78, 5) is 31.9. The monoisotopic (exact) mass is 433 g/mol. The lowest BCUT2D eigenvalue weighted by Gasteiger charge is -2.11. The van der Waals surface area contributed by atoms with Crippen LogP contribution in [0.15, 0.2) is 43.1 Å². The fourth-order valence-electron chi connectivity index (χ4n) is 2.60. The highest BCUT2D eigenvalue weighted by Gasteiger charge is 2.32. The van der Waals surface area contributed by atoms with Gasteiger partial charge in [-0.05, 0) is 25.1 Å². The highest BCUT2D eigenvalue weighted by Crippen LogP contribution is 2.30. The van der Waals surface area contributed by atoms with E-state index in [2.05, 4.69) is 35.6 Å². The van der Waals surface area contributed by atoms with E-state index in [0.29, 0.717) is 16.3 Å². The van der Waals surface area contributed by atoms with Crippen LogP contribution in [0, 0.1) is 0 Å². The van der Waals surface area contributed by atoms with Crippen LogP contribution in [0.2, 0.25) is 0 Å². The number of nitrogens with zero attached hydrogens (tertiary/aromatic N) is 4. The SMILES string of the molecule is CC(NC(=O)c1cc2nc[nH]c2cn1)c1cnc(Nc2ccc(C(F)(F)F)nc2)s1. The second-order valence-electron chi connectivity index (χ2n) is 6.31. The minimum absolute atomic E-state index is 0.236. The number of amides is 1. The van der Waals surface area contributed by atoms with Gasteiger partial charge in [-0.25, -0.2) is 19.9 Å². The number of pyridine rings is 2. The summed E-state index contributed by atoms with van der Waals surface area (Å²) in [5, 5.41) is 6.20. The number of halogens is 3. The zero-order valence-electron chi connectivity index (χ0n) is 15.4. The number of imidazole rings is 1. The number of thiazole rings is 1. The number of aromatic nitrogens is 5. The molecule has 1 unspecified atom stereocenters. The first-order valence-electron chi connectivity index (χ1n) is 8.65. The van der Waals surface area contributed by atoms with Crippen LogP contribution in [0.5, 0.6) is 0 Å². The molecule has 1 atom stereocenters. The normalized spacial score (nSPS) is 12.7. The summed E-state index contributed by atoms with van der Waals surface area (Å²) in [5.74, 6) is -0.359. The van der Waals surface area contributed by atoms with Crippen molar-refractivity contribution in [2.45, 2.75) is 19.1 Å². The van der Waals surface area contributed by atoms with E-state index in [1.807, 2.05) is 0 Å². The van der Waals surface area contributed by atoms with Crippen LogP contribution in [0.3, 0.4) is 0 Å². The highest BCUT2D eigenvalue weighted by atomic mass is 32.1. The van der Waals surface area contributed by atoms with E-state index in [1.54, 1.807) is 19.2 Å². The number of alkyl halides is 3. The molecule has 0 saturated heterocycles. The van der Waals surface area contributed by atoms with Crippen LogP contribution >= 0.6 is 11.3 Å². The van der Waals surface area contributed by atoms with Crippen LogP contribution in [-0.2, 0) is 6.18 Å². The van der Waals surface area contributed by atoms with E-state index < -0.39 is 11.9 Å². The molecule has 4 heterocycles. The minimum Gasteiger partial charge on any atom is -0.343 e. The molecule has 0 spiro atoms. The number of carbonyl (C=O) groups excluding carboxylic acids is 1. The lowest BCUT2D eigenvalue weighted by molar-refractivity contribution is -0.141. The fraction of sp³-hybridized carbons (Fsp3) is 0.167. The fourth-order valence-corrected chi connectivity index (χ4v) is 3.44. The molecule has 0 aliphatic carbocycles. The molecule has 12 heteroatoms. The molecule has 3 N–H and O–H groups in total. The predicted octanol–water partition coefficient (Wildman–Crippen LogP) is 4.06. The Hall–Kier alpha value is -3.54. The number of rotatable bonds is 5. The van der Waals surface area contributed by atoms with E-state index >= 15 is 0 Å². The molecule has 4 aromatic rings. The first-order valence-corrected chi connectivity index (χ1v) is 9.47. The van der Waals surface area contributed by atoms with E-state index in [9.17, 15) is 18.0 Å². The maximum atomic E-state index is 12.6. The molecule has 4 aromatic heterocycles. The molecule has 0 aromatic carbocycles. The van der Waals surface area contributed by atoms with Gasteiger partial charge in [0, 0.05) is 11.1 Å². The molecule has 0 fully saturated rings. The Morgan fingerprint density at radius 3 is 2.70 bits per heavy atom. The van der Waals surface area contributed by atoms with Gasteiger partial charge in [0.25, 0.3) is 5.91 Å². The van der Waals surface area contributed by atoms with Gasteiger partial charge in [0.1, 0.15) is 11.4 Å². The highest BCUT2D eigenvalue weighted by molar-refractivity contribution is 7.15. The first kappa shape index (κ1) is 19.8. The van der Waals surface area contributed by atoms with Crippen LogP contribution in [0.4, 0.5) is 24.0 Å². The third-order valence-electron chi connectivity index (χ3n) is 4.14. The Morgan fingerprint density at radius 1 is 1.13 bits per heavy atom. The molecule has 8 nitrogen and oxygen atoms in total. The number of carbonyl (C=O) groups is 1. The number of anilines is 2. The van der Waals surface area contributed by atoms with Crippen LogP contribution in [-0.4, -0.2) is 30.8 Å². The van der Waals surface area contributed by atoms with Crippen molar-refractivity contribution in [1.82, 2.24) is 30.2 Å². The number of hydrogen-bond acceptors (Lipinski definition) is 7. The van der Waals surface area contributed by atoms with Crippen LogP contribution in [0.25, 0.3) is 11.0 Å². The van der Waals surface area contributed by atoms with Gasteiger partial charge < -0.3 is 15.6 Å². The molecule has 0 aliphatic rings. The smallest absolute Gasteiger partial charge is 0.343 e. The number of H-pyrrole nitrogens is 1. The van der Waals surface area contributed by atoms with Crippen molar-refractivity contribution in [2.24, 2.45) is 0 Å². The summed E-state index contributed by atoms with van der Waals surface area (Å²) in [7, 11) is 0. The number of fused-ring (bicyclic) bond motifs is 1. The Labute approximate surface area is 171 Å². The molecule has 30 heavy (non-hydrogen) atoms. The molecule has 0 bridgehead atoms. The van der Waals surface area contributed by atoms with Crippen molar-refractivity contribution in [2.75, 3.05) is 5.32 Å². The van der Waals surface area contributed by atoms with Gasteiger partial charge >= 0.3 is 6.18 Å². The molecule has 0 aliphatic heterocycles. The van der Waals surface area contributed by atoms with Gasteiger partial charge in [0.2, 0.25) is 0 Å². The van der Waals surface area contributed by atoms with E-state index in [1.165, 1.54) is 29.9 Å². The second kappa shape index (κ2) is 7.71. The summed E-state index contributed by atoms with van der Waals surface area (Å²) >= 11 is 1.26. The maximum absolute atomic E-state index is 12.6. The Morgan fingerprint density at radius 2 is 1.97 bits per heavy atom. The van der Waals surface area contributed by atoms with Crippen molar-refractivity contribution >= 4 is 39.1 Å². The van der Waals surface area contributed by atoms with Crippen molar-refractivity contribution < 1.29 is 18.0 Å². The largest absolute Gasteiger partial charge is 0.433 e. The number of aromatic amines is 1. The van der Waals surface area contributed by atoms with E-state index in [0.717, 1.165) is 22.7 Å². The second-order valence-corrected chi connectivity index (χ2v) is 7.37. The molecule has 154 valence electrons. The Kier molecular flexibility index (Phi) is 5.08. The van der Waals surface area contributed by atoms with Crippen LogP contribution < -0.4 is 10.6 Å². The van der Waals surface area contributed by atoms with Crippen molar-refractivity contribution in [3.05, 3.63) is 59.4 Å². The molecule has 4 rings (SSSR count).